The number of hydrogen-bond acceptors (Lipinski definition) is 3. The van der Waals surface area contributed by atoms with E-state index in [2.05, 4.69) is 29.1 Å². The molecule has 4 heteroatoms. The van der Waals surface area contributed by atoms with Crippen molar-refractivity contribution in [2.75, 3.05) is 13.2 Å². The fourth-order valence-corrected chi connectivity index (χ4v) is 2.73. The lowest BCUT2D eigenvalue weighted by atomic mass is 10.1. The van der Waals surface area contributed by atoms with E-state index in [0.29, 0.717) is 30.1 Å². The molecule has 112 valence electrons. The Bertz CT molecular complexity index is 545. The minimum Gasteiger partial charge on any atom is -0.395 e. The highest BCUT2D eigenvalue weighted by molar-refractivity contribution is 5.94. The number of pyridine rings is 1. The molecule has 0 spiro atoms. The van der Waals surface area contributed by atoms with Crippen molar-refractivity contribution < 1.29 is 9.90 Å². The topological polar surface area (TPSA) is 62.2 Å². The molecule has 1 amide bonds. The Hall–Kier alpha value is -1.86. The second-order valence-corrected chi connectivity index (χ2v) is 5.67. The van der Waals surface area contributed by atoms with Gasteiger partial charge in [0.05, 0.1) is 12.2 Å². The zero-order chi connectivity index (χ0) is 15.1. The summed E-state index contributed by atoms with van der Waals surface area (Å²) in [6.07, 6.45) is 5.63. The number of hydrogen-bond donors (Lipinski definition) is 2. The molecular weight excluding hydrogens is 264 g/mol. The van der Waals surface area contributed by atoms with E-state index < -0.39 is 0 Å². The van der Waals surface area contributed by atoms with Crippen LogP contribution in [-0.4, -0.2) is 29.1 Å². The Balaban J connectivity index is 1.97. The van der Waals surface area contributed by atoms with E-state index in [4.69, 9.17) is 5.11 Å². The Kier molecular flexibility index (Phi) is 5.77. The van der Waals surface area contributed by atoms with Gasteiger partial charge in [0.15, 0.2) is 0 Å². The lowest BCUT2D eigenvalue weighted by Crippen LogP contribution is -2.29. The molecule has 1 aromatic heterocycles. The zero-order valence-electron chi connectivity index (χ0n) is 12.4. The minimum absolute atomic E-state index is 0.0225. The van der Waals surface area contributed by atoms with Crippen LogP contribution in [0.25, 0.3) is 0 Å². The van der Waals surface area contributed by atoms with Gasteiger partial charge in [-0.05, 0) is 36.8 Å². The fraction of sp³-hybridized carbons (Fsp3) is 0.529. The normalized spacial score (nSPS) is 20.7. The van der Waals surface area contributed by atoms with E-state index in [0.717, 1.165) is 5.92 Å². The third-order valence-corrected chi connectivity index (χ3v) is 3.84. The summed E-state index contributed by atoms with van der Waals surface area (Å²) in [5, 5.41) is 11.7. The maximum Gasteiger partial charge on any atom is 0.271 e. The average Bonchev–Trinajstić information content (AvgIpc) is 2.91. The molecule has 21 heavy (non-hydrogen) atoms. The van der Waals surface area contributed by atoms with Crippen molar-refractivity contribution in [1.29, 1.82) is 0 Å². The van der Waals surface area contributed by atoms with Crippen molar-refractivity contribution in [2.24, 2.45) is 11.8 Å². The van der Waals surface area contributed by atoms with Gasteiger partial charge in [-0.2, -0.15) is 0 Å². The number of carbonyl (C=O) groups excluding carboxylic acids is 1. The van der Waals surface area contributed by atoms with Crippen LogP contribution in [-0.2, 0) is 0 Å². The van der Waals surface area contributed by atoms with Crippen molar-refractivity contribution in [2.45, 2.75) is 32.6 Å². The SMILES string of the molecule is CC1CCC(CNC(=O)c2ncccc2C#CCCO)C1. The first-order valence-corrected chi connectivity index (χ1v) is 7.53. The Labute approximate surface area is 126 Å². The van der Waals surface area contributed by atoms with Gasteiger partial charge in [0.25, 0.3) is 5.91 Å². The molecule has 1 aliphatic rings. The van der Waals surface area contributed by atoms with E-state index in [1.165, 1.54) is 19.3 Å². The molecular formula is C17H22N2O2. The van der Waals surface area contributed by atoms with Crippen LogP contribution in [0.1, 0.15) is 48.7 Å². The summed E-state index contributed by atoms with van der Waals surface area (Å²) < 4.78 is 0. The summed E-state index contributed by atoms with van der Waals surface area (Å²) in [4.78, 5) is 16.4. The summed E-state index contributed by atoms with van der Waals surface area (Å²) in [6, 6.07) is 3.54. The van der Waals surface area contributed by atoms with Gasteiger partial charge in [0, 0.05) is 19.2 Å². The van der Waals surface area contributed by atoms with Crippen LogP contribution in [0.3, 0.4) is 0 Å². The van der Waals surface area contributed by atoms with Crippen LogP contribution in [0, 0.1) is 23.7 Å². The van der Waals surface area contributed by atoms with Crippen molar-refractivity contribution in [3.05, 3.63) is 29.6 Å². The van der Waals surface area contributed by atoms with E-state index in [-0.39, 0.29) is 12.5 Å². The Morgan fingerprint density at radius 2 is 2.38 bits per heavy atom. The standard InChI is InChI=1S/C17H22N2O2/c1-13-7-8-14(11-13)12-19-17(21)16-15(5-2-3-10-20)6-4-9-18-16/h4,6,9,13-14,20H,3,7-8,10-12H2,1H3,(H,19,21). The highest BCUT2D eigenvalue weighted by atomic mass is 16.2. The monoisotopic (exact) mass is 286 g/mol. The number of amides is 1. The lowest BCUT2D eigenvalue weighted by Gasteiger charge is -2.11. The number of aromatic nitrogens is 1. The molecule has 1 aliphatic carbocycles. The first-order chi connectivity index (χ1) is 10.2. The molecule has 1 saturated carbocycles. The predicted molar refractivity (Wildman–Crippen MR) is 81.7 cm³/mol. The molecule has 0 aromatic carbocycles. The molecule has 2 rings (SSSR count). The average molecular weight is 286 g/mol. The summed E-state index contributed by atoms with van der Waals surface area (Å²) >= 11 is 0. The molecule has 0 saturated heterocycles. The molecule has 2 unspecified atom stereocenters. The number of nitrogens with zero attached hydrogens (tertiary/aromatic N) is 1. The Morgan fingerprint density at radius 1 is 1.52 bits per heavy atom. The summed E-state index contributed by atoms with van der Waals surface area (Å²) in [5.74, 6) is 6.91. The largest absolute Gasteiger partial charge is 0.395 e. The maximum atomic E-state index is 12.2. The van der Waals surface area contributed by atoms with Crippen molar-refractivity contribution in [1.82, 2.24) is 10.3 Å². The molecule has 2 N–H and O–H groups in total. The van der Waals surface area contributed by atoms with Gasteiger partial charge in [-0.15, -0.1) is 0 Å². The zero-order valence-corrected chi connectivity index (χ0v) is 12.4. The summed E-state index contributed by atoms with van der Waals surface area (Å²) in [7, 11) is 0. The van der Waals surface area contributed by atoms with Crippen molar-refractivity contribution in [3.63, 3.8) is 0 Å². The number of nitrogens with one attached hydrogen (secondary N) is 1. The first kappa shape index (κ1) is 15.5. The summed E-state index contributed by atoms with van der Waals surface area (Å²) in [5.41, 5.74) is 0.984. The number of aliphatic hydroxyl groups is 1. The van der Waals surface area contributed by atoms with Gasteiger partial charge >= 0.3 is 0 Å². The lowest BCUT2D eigenvalue weighted by molar-refractivity contribution is 0.0942. The molecule has 2 atom stereocenters. The van der Waals surface area contributed by atoms with Crippen LogP contribution in [0.15, 0.2) is 18.3 Å². The molecule has 0 radical (unpaired) electrons. The predicted octanol–water partition coefficient (Wildman–Crippen LogP) is 1.98. The van der Waals surface area contributed by atoms with Gasteiger partial charge < -0.3 is 10.4 Å². The van der Waals surface area contributed by atoms with Gasteiger partial charge in [-0.1, -0.05) is 25.2 Å². The number of aliphatic hydroxyl groups excluding tert-OH is 1. The number of rotatable bonds is 4. The quantitative estimate of drug-likeness (QED) is 0.832. The maximum absolute atomic E-state index is 12.2. The van der Waals surface area contributed by atoms with E-state index in [9.17, 15) is 4.79 Å². The van der Waals surface area contributed by atoms with E-state index in [1.807, 2.05) is 0 Å². The van der Waals surface area contributed by atoms with Gasteiger partial charge in [0.1, 0.15) is 5.69 Å². The Morgan fingerprint density at radius 3 is 3.10 bits per heavy atom. The fourth-order valence-electron chi connectivity index (χ4n) is 2.73. The molecule has 1 aromatic rings. The highest BCUT2D eigenvalue weighted by Crippen LogP contribution is 2.29. The second kappa shape index (κ2) is 7.80. The van der Waals surface area contributed by atoms with Crippen LogP contribution in [0.5, 0.6) is 0 Å². The number of carbonyl (C=O) groups is 1. The molecule has 0 bridgehead atoms. The first-order valence-electron chi connectivity index (χ1n) is 7.53. The van der Waals surface area contributed by atoms with Crippen LogP contribution < -0.4 is 5.32 Å². The van der Waals surface area contributed by atoms with Crippen LogP contribution in [0.2, 0.25) is 0 Å². The van der Waals surface area contributed by atoms with Gasteiger partial charge in [-0.25, -0.2) is 4.98 Å². The van der Waals surface area contributed by atoms with Gasteiger partial charge in [0.2, 0.25) is 0 Å². The van der Waals surface area contributed by atoms with Gasteiger partial charge in [-0.3, -0.25) is 4.79 Å². The molecule has 4 nitrogen and oxygen atoms in total. The third kappa shape index (κ3) is 4.57. The molecule has 1 heterocycles. The minimum atomic E-state index is -0.163. The van der Waals surface area contributed by atoms with E-state index in [1.54, 1.807) is 18.3 Å². The van der Waals surface area contributed by atoms with Crippen LogP contribution >= 0.6 is 0 Å². The molecule has 1 fully saturated rings. The van der Waals surface area contributed by atoms with Crippen molar-refractivity contribution >= 4 is 5.91 Å². The summed E-state index contributed by atoms with van der Waals surface area (Å²) in [6.45, 7) is 2.99. The highest BCUT2D eigenvalue weighted by Gasteiger charge is 2.22. The second-order valence-electron chi connectivity index (χ2n) is 5.67. The third-order valence-electron chi connectivity index (χ3n) is 3.84. The van der Waals surface area contributed by atoms with Crippen molar-refractivity contribution in [3.8, 4) is 11.8 Å². The molecule has 0 aliphatic heterocycles. The van der Waals surface area contributed by atoms with E-state index >= 15 is 0 Å². The smallest absolute Gasteiger partial charge is 0.271 e. The van der Waals surface area contributed by atoms with Crippen LogP contribution in [0.4, 0.5) is 0 Å².